The fourth-order valence-corrected chi connectivity index (χ4v) is 1.42. The molecule has 0 bridgehead atoms. The minimum Gasteiger partial charge on any atom is -0.309 e. The largest absolute Gasteiger partial charge is 0.309 e. The van der Waals surface area contributed by atoms with E-state index < -0.39 is 0 Å². The molecule has 1 rings (SSSR count). The van der Waals surface area contributed by atoms with Crippen molar-refractivity contribution in [2.75, 3.05) is 20.6 Å². The van der Waals surface area contributed by atoms with Crippen molar-refractivity contribution in [3.8, 4) is 0 Å². The molecule has 78 valence electrons. The Labute approximate surface area is 85.9 Å². The summed E-state index contributed by atoms with van der Waals surface area (Å²) in [6.07, 6.45) is 1.02. The highest BCUT2D eigenvalue weighted by Crippen LogP contribution is 2.14. The summed E-state index contributed by atoms with van der Waals surface area (Å²) in [7, 11) is 4.14. The number of nitrogens with one attached hydrogen (secondary N) is 1. The summed E-state index contributed by atoms with van der Waals surface area (Å²) in [5.74, 6) is 5.52. The lowest BCUT2D eigenvalue weighted by molar-refractivity contribution is 0.363. The van der Waals surface area contributed by atoms with Gasteiger partial charge in [-0.1, -0.05) is 30.3 Å². The second-order valence-corrected chi connectivity index (χ2v) is 3.72. The van der Waals surface area contributed by atoms with Gasteiger partial charge in [0.05, 0.1) is 0 Å². The molecule has 0 saturated carbocycles. The molecule has 3 nitrogen and oxygen atoms in total. The average molecular weight is 193 g/mol. The van der Waals surface area contributed by atoms with E-state index in [1.54, 1.807) is 0 Å². The van der Waals surface area contributed by atoms with Crippen LogP contribution in [0.4, 0.5) is 0 Å². The van der Waals surface area contributed by atoms with Gasteiger partial charge in [0.25, 0.3) is 0 Å². The average Bonchev–Trinajstić information content (AvgIpc) is 2.20. The summed E-state index contributed by atoms with van der Waals surface area (Å²) in [5.41, 5.74) is 4.09. The van der Waals surface area contributed by atoms with Crippen molar-refractivity contribution in [1.82, 2.24) is 10.3 Å². The zero-order chi connectivity index (χ0) is 10.4. The van der Waals surface area contributed by atoms with Crippen LogP contribution in [-0.4, -0.2) is 25.5 Å². The molecule has 0 radical (unpaired) electrons. The number of hydrazine groups is 1. The molecule has 0 aromatic heterocycles. The van der Waals surface area contributed by atoms with Crippen molar-refractivity contribution < 1.29 is 0 Å². The molecule has 0 saturated heterocycles. The number of benzene rings is 1. The number of nitrogens with two attached hydrogens (primary N) is 1. The molecule has 1 aromatic carbocycles. The van der Waals surface area contributed by atoms with E-state index in [1.807, 2.05) is 18.2 Å². The standard InChI is InChI=1S/C11H19N3/c1-14(2)9-8-11(13-12)10-6-4-3-5-7-10/h3-7,11,13H,8-9,12H2,1-2H3. The fourth-order valence-electron chi connectivity index (χ4n) is 1.42. The highest BCUT2D eigenvalue weighted by molar-refractivity contribution is 5.18. The summed E-state index contributed by atoms with van der Waals surface area (Å²) in [6.45, 7) is 1.03. The first-order valence-electron chi connectivity index (χ1n) is 4.90. The Kier molecular flexibility index (Phi) is 4.59. The van der Waals surface area contributed by atoms with E-state index >= 15 is 0 Å². The molecule has 3 heteroatoms. The van der Waals surface area contributed by atoms with E-state index in [9.17, 15) is 0 Å². The van der Waals surface area contributed by atoms with E-state index in [2.05, 4.69) is 36.6 Å². The number of nitrogens with zero attached hydrogens (tertiary/aromatic N) is 1. The third-order valence-corrected chi connectivity index (χ3v) is 2.27. The molecule has 0 aliphatic rings. The highest BCUT2D eigenvalue weighted by Gasteiger charge is 2.08. The molecular weight excluding hydrogens is 174 g/mol. The molecule has 3 N–H and O–H groups in total. The van der Waals surface area contributed by atoms with Gasteiger partial charge in [-0.05, 0) is 32.6 Å². The van der Waals surface area contributed by atoms with E-state index in [-0.39, 0.29) is 6.04 Å². The molecule has 0 heterocycles. The van der Waals surface area contributed by atoms with Gasteiger partial charge in [-0.2, -0.15) is 0 Å². The lowest BCUT2D eigenvalue weighted by Crippen LogP contribution is -2.30. The van der Waals surface area contributed by atoms with Crippen molar-refractivity contribution in [3.63, 3.8) is 0 Å². The first-order chi connectivity index (χ1) is 6.74. The van der Waals surface area contributed by atoms with Crippen LogP contribution in [0.5, 0.6) is 0 Å². The Hall–Kier alpha value is -0.900. The maximum absolute atomic E-state index is 5.52. The van der Waals surface area contributed by atoms with Crippen LogP contribution in [0.1, 0.15) is 18.0 Å². The van der Waals surface area contributed by atoms with Gasteiger partial charge in [0.2, 0.25) is 0 Å². The Morgan fingerprint density at radius 3 is 2.43 bits per heavy atom. The van der Waals surface area contributed by atoms with E-state index in [1.165, 1.54) is 5.56 Å². The Morgan fingerprint density at radius 1 is 1.29 bits per heavy atom. The Balaban J connectivity index is 2.54. The minimum atomic E-state index is 0.249. The van der Waals surface area contributed by atoms with Crippen molar-refractivity contribution >= 4 is 0 Å². The maximum Gasteiger partial charge on any atom is 0.0472 e. The zero-order valence-corrected chi connectivity index (χ0v) is 8.90. The zero-order valence-electron chi connectivity index (χ0n) is 8.90. The van der Waals surface area contributed by atoms with Crippen LogP contribution in [-0.2, 0) is 0 Å². The minimum absolute atomic E-state index is 0.249. The van der Waals surface area contributed by atoms with Crippen LogP contribution < -0.4 is 11.3 Å². The van der Waals surface area contributed by atoms with Crippen molar-refractivity contribution in [2.45, 2.75) is 12.5 Å². The highest BCUT2D eigenvalue weighted by atomic mass is 15.2. The molecule has 1 aromatic rings. The predicted molar refractivity (Wildman–Crippen MR) is 59.7 cm³/mol. The number of rotatable bonds is 5. The van der Waals surface area contributed by atoms with Crippen molar-refractivity contribution in [3.05, 3.63) is 35.9 Å². The van der Waals surface area contributed by atoms with Crippen molar-refractivity contribution in [2.24, 2.45) is 5.84 Å². The van der Waals surface area contributed by atoms with Gasteiger partial charge in [-0.3, -0.25) is 11.3 Å². The molecular formula is C11H19N3. The second kappa shape index (κ2) is 5.75. The molecule has 14 heavy (non-hydrogen) atoms. The quantitative estimate of drug-likeness (QED) is 0.544. The Morgan fingerprint density at radius 2 is 1.93 bits per heavy atom. The summed E-state index contributed by atoms with van der Waals surface area (Å²) >= 11 is 0. The van der Waals surface area contributed by atoms with Gasteiger partial charge in [0.1, 0.15) is 0 Å². The smallest absolute Gasteiger partial charge is 0.0472 e. The number of hydrogen-bond acceptors (Lipinski definition) is 3. The third-order valence-electron chi connectivity index (χ3n) is 2.27. The molecule has 0 fully saturated rings. The van der Waals surface area contributed by atoms with Crippen LogP contribution in [0.15, 0.2) is 30.3 Å². The normalized spacial score (nSPS) is 13.1. The SMILES string of the molecule is CN(C)CCC(NN)c1ccccc1. The molecule has 0 aliphatic carbocycles. The fraction of sp³-hybridized carbons (Fsp3) is 0.455. The van der Waals surface area contributed by atoms with Crippen LogP contribution in [0.3, 0.4) is 0 Å². The van der Waals surface area contributed by atoms with Gasteiger partial charge >= 0.3 is 0 Å². The molecule has 0 amide bonds. The summed E-state index contributed by atoms with van der Waals surface area (Å²) < 4.78 is 0. The van der Waals surface area contributed by atoms with E-state index in [0.29, 0.717) is 0 Å². The first-order valence-corrected chi connectivity index (χ1v) is 4.90. The van der Waals surface area contributed by atoms with Gasteiger partial charge in [0.15, 0.2) is 0 Å². The second-order valence-electron chi connectivity index (χ2n) is 3.72. The van der Waals surface area contributed by atoms with Gasteiger partial charge in [-0.25, -0.2) is 0 Å². The van der Waals surface area contributed by atoms with Crippen molar-refractivity contribution in [1.29, 1.82) is 0 Å². The van der Waals surface area contributed by atoms with Crippen LogP contribution in [0, 0.1) is 0 Å². The summed E-state index contributed by atoms with van der Waals surface area (Å²) in [4.78, 5) is 2.16. The van der Waals surface area contributed by atoms with Gasteiger partial charge < -0.3 is 4.90 Å². The predicted octanol–water partition coefficient (Wildman–Crippen LogP) is 1.14. The van der Waals surface area contributed by atoms with E-state index in [0.717, 1.165) is 13.0 Å². The van der Waals surface area contributed by atoms with E-state index in [4.69, 9.17) is 5.84 Å². The van der Waals surface area contributed by atoms with Crippen LogP contribution in [0.2, 0.25) is 0 Å². The third kappa shape index (κ3) is 3.46. The Bertz CT molecular complexity index is 246. The number of hydrogen-bond donors (Lipinski definition) is 2. The lowest BCUT2D eigenvalue weighted by Gasteiger charge is -2.18. The molecule has 0 spiro atoms. The molecule has 1 atom stereocenters. The summed E-state index contributed by atoms with van der Waals surface area (Å²) in [6, 6.07) is 10.5. The van der Waals surface area contributed by atoms with Crippen LogP contribution >= 0.6 is 0 Å². The van der Waals surface area contributed by atoms with Gasteiger partial charge in [0, 0.05) is 6.04 Å². The van der Waals surface area contributed by atoms with Gasteiger partial charge in [-0.15, -0.1) is 0 Å². The first kappa shape index (κ1) is 11.2. The lowest BCUT2D eigenvalue weighted by atomic mass is 10.0. The monoisotopic (exact) mass is 193 g/mol. The van der Waals surface area contributed by atoms with Crippen LogP contribution in [0.25, 0.3) is 0 Å². The maximum atomic E-state index is 5.52. The summed E-state index contributed by atoms with van der Waals surface area (Å²) in [5, 5.41) is 0. The molecule has 1 unspecified atom stereocenters. The topological polar surface area (TPSA) is 41.3 Å². The molecule has 0 aliphatic heterocycles.